The Kier molecular flexibility index (Phi) is 4.33. The van der Waals surface area contributed by atoms with Gasteiger partial charge in [-0.15, -0.1) is 11.3 Å². The van der Waals surface area contributed by atoms with Crippen LogP contribution in [0.4, 0.5) is 10.1 Å². The molecule has 0 bridgehead atoms. The molecular formula is C14H17FN2S. The van der Waals surface area contributed by atoms with E-state index in [1.807, 2.05) is 6.07 Å². The highest BCUT2D eigenvalue weighted by atomic mass is 32.1. The highest BCUT2D eigenvalue weighted by molar-refractivity contribution is 7.10. The zero-order valence-electron chi connectivity index (χ0n) is 10.3. The molecule has 2 nitrogen and oxygen atoms in total. The molecule has 0 spiro atoms. The Bertz CT molecular complexity index is 467. The maximum absolute atomic E-state index is 13.0. The fourth-order valence-electron chi connectivity index (χ4n) is 2.09. The SMILES string of the molecule is CCN(c1ccc(F)cc1)C(CN)c1cccs1. The third-order valence-corrected chi connectivity index (χ3v) is 3.94. The third kappa shape index (κ3) is 2.71. The van der Waals surface area contributed by atoms with Gasteiger partial charge < -0.3 is 10.6 Å². The first kappa shape index (κ1) is 13.1. The maximum Gasteiger partial charge on any atom is 0.123 e. The first-order chi connectivity index (χ1) is 8.76. The molecule has 18 heavy (non-hydrogen) atoms. The van der Waals surface area contributed by atoms with E-state index in [1.165, 1.54) is 17.0 Å². The van der Waals surface area contributed by atoms with E-state index in [0.29, 0.717) is 6.54 Å². The molecule has 0 aliphatic carbocycles. The summed E-state index contributed by atoms with van der Waals surface area (Å²) in [6, 6.07) is 10.8. The first-order valence-electron chi connectivity index (χ1n) is 6.02. The minimum atomic E-state index is -0.213. The molecule has 1 aromatic carbocycles. The van der Waals surface area contributed by atoms with Gasteiger partial charge in [0.05, 0.1) is 6.04 Å². The van der Waals surface area contributed by atoms with Crippen molar-refractivity contribution in [3.05, 3.63) is 52.5 Å². The predicted molar refractivity (Wildman–Crippen MR) is 75.5 cm³/mol. The number of nitrogens with two attached hydrogens (primary N) is 1. The van der Waals surface area contributed by atoms with Crippen molar-refractivity contribution >= 4 is 17.0 Å². The number of hydrogen-bond acceptors (Lipinski definition) is 3. The lowest BCUT2D eigenvalue weighted by Gasteiger charge is -2.31. The molecule has 2 N–H and O–H groups in total. The van der Waals surface area contributed by atoms with Gasteiger partial charge in [0.25, 0.3) is 0 Å². The van der Waals surface area contributed by atoms with E-state index in [-0.39, 0.29) is 11.9 Å². The standard InChI is InChI=1S/C14H17FN2S/c1-2-17(12-7-5-11(15)6-8-12)13(10-16)14-4-3-9-18-14/h3-9,13H,2,10,16H2,1H3. The highest BCUT2D eigenvalue weighted by Crippen LogP contribution is 2.29. The summed E-state index contributed by atoms with van der Waals surface area (Å²) in [7, 11) is 0. The molecule has 1 atom stereocenters. The Morgan fingerprint density at radius 2 is 2.00 bits per heavy atom. The van der Waals surface area contributed by atoms with Crippen molar-refractivity contribution in [2.45, 2.75) is 13.0 Å². The summed E-state index contributed by atoms with van der Waals surface area (Å²) in [5.74, 6) is -0.213. The van der Waals surface area contributed by atoms with Gasteiger partial charge in [0.1, 0.15) is 5.82 Å². The average molecular weight is 264 g/mol. The fourth-order valence-corrected chi connectivity index (χ4v) is 2.95. The second kappa shape index (κ2) is 5.98. The molecule has 0 saturated heterocycles. The van der Waals surface area contributed by atoms with Gasteiger partial charge in [-0.1, -0.05) is 6.07 Å². The van der Waals surface area contributed by atoms with Crippen LogP contribution in [0.15, 0.2) is 41.8 Å². The van der Waals surface area contributed by atoms with Gasteiger partial charge in [-0.25, -0.2) is 4.39 Å². The number of halogens is 1. The first-order valence-corrected chi connectivity index (χ1v) is 6.90. The molecule has 0 amide bonds. The summed E-state index contributed by atoms with van der Waals surface area (Å²) in [5.41, 5.74) is 6.90. The summed E-state index contributed by atoms with van der Waals surface area (Å²) in [5, 5.41) is 2.05. The van der Waals surface area contributed by atoms with E-state index in [1.54, 1.807) is 23.5 Å². The van der Waals surface area contributed by atoms with Gasteiger partial charge in [0.2, 0.25) is 0 Å². The predicted octanol–water partition coefficient (Wildman–Crippen LogP) is 3.41. The van der Waals surface area contributed by atoms with E-state index in [4.69, 9.17) is 5.73 Å². The molecule has 4 heteroatoms. The van der Waals surface area contributed by atoms with Crippen molar-refractivity contribution in [1.82, 2.24) is 0 Å². The number of nitrogens with zero attached hydrogens (tertiary/aromatic N) is 1. The molecule has 96 valence electrons. The molecule has 1 heterocycles. The second-order valence-electron chi connectivity index (χ2n) is 4.03. The maximum atomic E-state index is 13.0. The van der Waals surface area contributed by atoms with Crippen LogP contribution in [-0.2, 0) is 0 Å². The number of hydrogen-bond donors (Lipinski definition) is 1. The minimum absolute atomic E-state index is 0.153. The van der Waals surface area contributed by atoms with Crippen LogP contribution in [0.5, 0.6) is 0 Å². The zero-order valence-corrected chi connectivity index (χ0v) is 11.2. The normalized spacial score (nSPS) is 12.4. The van der Waals surface area contributed by atoms with Crippen molar-refractivity contribution in [2.24, 2.45) is 5.73 Å². The summed E-state index contributed by atoms with van der Waals surface area (Å²) >= 11 is 1.70. The molecule has 0 aliphatic heterocycles. The molecule has 0 fully saturated rings. The second-order valence-corrected chi connectivity index (χ2v) is 5.01. The van der Waals surface area contributed by atoms with E-state index >= 15 is 0 Å². The quantitative estimate of drug-likeness (QED) is 0.896. The van der Waals surface area contributed by atoms with E-state index < -0.39 is 0 Å². The number of benzene rings is 1. The molecule has 1 unspecified atom stereocenters. The molecule has 0 radical (unpaired) electrons. The number of rotatable bonds is 5. The fraction of sp³-hybridized carbons (Fsp3) is 0.286. The molecule has 2 rings (SSSR count). The summed E-state index contributed by atoms with van der Waals surface area (Å²) in [6.45, 7) is 3.47. The van der Waals surface area contributed by atoms with Crippen LogP contribution in [0.3, 0.4) is 0 Å². The van der Waals surface area contributed by atoms with Crippen LogP contribution in [0.2, 0.25) is 0 Å². The van der Waals surface area contributed by atoms with Crippen LogP contribution in [0, 0.1) is 5.82 Å². The lowest BCUT2D eigenvalue weighted by Crippen LogP contribution is -2.33. The van der Waals surface area contributed by atoms with Crippen LogP contribution in [-0.4, -0.2) is 13.1 Å². The number of anilines is 1. The summed E-state index contributed by atoms with van der Waals surface area (Å²) in [6.07, 6.45) is 0. The summed E-state index contributed by atoms with van der Waals surface area (Å²) < 4.78 is 13.0. The monoisotopic (exact) mass is 264 g/mol. The lowest BCUT2D eigenvalue weighted by molar-refractivity contribution is 0.624. The van der Waals surface area contributed by atoms with E-state index in [0.717, 1.165) is 12.2 Å². The lowest BCUT2D eigenvalue weighted by atomic mass is 10.1. The Morgan fingerprint density at radius 1 is 1.28 bits per heavy atom. The van der Waals surface area contributed by atoms with Gasteiger partial charge >= 0.3 is 0 Å². The third-order valence-electron chi connectivity index (χ3n) is 2.97. The summed E-state index contributed by atoms with van der Waals surface area (Å²) in [4.78, 5) is 3.44. The van der Waals surface area contributed by atoms with Crippen LogP contribution < -0.4 is 10.6 Å². The van der Waals surface area contributed by atoms with Gasteiger partial charge in [-0.3, -0.25) is 0 Å². The van der Waals surface area contributed by atoms with Crippen molar-refractivity contribution in [3.63, 3.8) is 0 Å². The molecular weight excluding hydrogens is 247 g/mol. The van der Waals surface area contributed by atoms with Crippen molar-refractivity contribution in [2.75, 3.05) is 18.0 Å². The van der Waals surface area contributed by atoms with Crippen LogP contribution in [0.25, 0.3) is 0 Å². The largest absolute Gasteiger partial charge is 0.363 e. The molecule has 1 aromatic heterocycles. The van der Waals surface area contributed by atoms with Crippen molar-refractivity contribution in [1.29, 1.82) is 0 Å². The Labute approximate surface area is 111 Å². The number of thiophene rings is 1. The van der Waals surface area contributed by atoms with Crippen molar-refractivity contribution < 1.29 is 4.39 Å². The molecule has 0 aliphatic rings. The van der Waals surface area contributed by atoms with E-state index in [9.17, 15) is 4.39 Å². The zero-order chi connectivity index (χ0) is 13.0. The highest BCUT2D eigenvalue weighted by Gasteiger charge is 2.18. The van der Waals surface area contributed by atoms with Crippen molar-refractivity contribution in [3.8, 4) is 0 Å². The Balaban J connectivity index is 2.29. The van der Waals surface area contributed by atoms with Crippen LogP contribution >= 0.6 is 11.3 Å². The van der Waals surface area contributed by atoms with Gasteiger partial charge in [0, 0.05) is 23.7 Å². The smallest absolute Gasteiger partial charge is 0.123 e. The number of likely N-dealkylation sites (N-methyl/N-ethyl adjacent to an activating group) is 1. The molecule has 2 aromatic rings. The van der Waals surface area contributed by atoms with Gasteiger partial charge in [0.15, 0.2) is 0 Å². The van der Waals surface area contributed by atoms with Crippen LogP contribution in [0.1, 0.15) is 17.8 Å². The minimum Gasteiger partial charge on any atom is -0.363 e. The molecule has 0 saturated carbocycles. The van der Waals surface area contributed by atoms with E-state index in [2.05, 4.69) is 23.3 Å². The Hall–Kier alpha value is -1.39. The topological polar surface area (TPSA) is 29.3 Å². The average Bonchev–Trinajstić information content (AvgIpc) is 2.91. The Morgan fingerprint density at radius 3 is 2.50 bits per heavy atom. The van der Waals surface area contributed by atoms with Gasteiger partial charge in [-0.05, 0) is 42.6 Å². The van der Waals surface area contributed by atoms with Gasteiger partial charge in [-0.2, -0.15) is 0 Å².